The molecule has 1 aliphatic rings. The van der Waals surface area contributed by atoms with Crippen LogP contribution in [0.25, 0.3) is 0 Å². The van der Waals surface area contributed by atoms with Crippen LogP contribution in [0.5, 0.6) is 0 Å². The molecule has 0 aromatic heterocycles. The molecule has 0 aromatic rings. The summed E-state index contributed by atoms with van der Waals surface area (Å²) in [4.78, 5) is 13.1. The first kappa shape index (κ1) is 61.9. The fourth-order valence-electron chi connectivity index (χ4n) is 8.87. The van der Waals surface area contributed by atoms with Gasteiger partial charge in [-0.2, -0.15) is 8.42 Å². The lowest BCUT2D eigenvalue weighted by molar-refractivity contribution is -0.298. The van der Waals surface area contributed by atoms with Gasteiger partial charge in [0.05, 0.1) is 25.4 Å². The van der Waals surface area contributed by atoms with Gasteiger partial charge in [-0.25, -0.2) is 4.18 Å². The number of amides is 1. The number of carbonyl (C=O) groups excluding carboxylic acids is 1. The normalized spacial score (nSPS) is 20.1. The van der Waals surface area contributed by atoms with Crippen molar-refractivity contribution < 1.29 is 51.8 Å². The first-order chi connectivity index (χ1) is 31.5. The number of nitrogens with one attached hydrogen (secondary N) is 1. The third-order valence-corrected chi connectivity index (χ3v) is 13.5. The Morgan fingerprint density at radius 2 is 0.969 bits per heavy atom. The number of rotatable bonds is 47. The van der Waals surface area contributed by atoms with Gasteiger partial charge in [0, 0.05) is 6.42 Å². The second-order valence-electron chi connectivity index (χ2n) is 19.2. The quantitative estimate of drug-likeness (QED) is 0.0193. The van der Waals surface area contributed by atoms with Crippen molar-refractivity contribution >= 4 is 16.3 Å². The van der Waals surface area contributed by atoms with E-state index in [1.807, 2.05) is 6.08 Å². The lowest BCUT2D eigenvalue weighted by atomic mass is 9.99. The summed E-state index contributed by atoms with van der Waals surface area (Å²) in [7, 11) is -5.08. The average molecular weight is 948 g/mol. The van der Waals surface area contributed by atoms with Gasteiger partial charge in [0.1, 0.15) is 24.4 Å². The fourth-order valence-corrected chi connectivity index (χ4v) is 9.38. The van der Waals surface area contributed by atoms with Crippen molar-refractivity contribution in [3.8, 4) is 0 Å². The van der Waals surface area contributed by atoms with E-state index in [0.717, 1.165) is 38.5 Å². The first-order valence-corrected chi connectivity index (χ1v) is 28.4. The molecule has 6 N–H and O–H groups in total. The number of hydrogen-bond donors (Lipinski definition) is 6. The van der Waals surface area contributed by atoms with Crippen LogP contribution < -0.4 is 5.32 Å². The maximum atomic E-state index is 13.1. The van der Waals surface area contributed by atoms with E-state index >= 15 is 0 Å². The van der Waals surface area contributed by atoms with Crippen LogP contribution in [-0.4, -0.2) is 95.4 Å². The van der Waals surface area contributed by atoms with Crippen molar-refractivity contribution in [2.24, 2.45) is 0 Å². The van der Waals surface area contributed by atoms with Crippen molar-refractivity contribution in [1.82, 2.24) is 5.32 Å². The number of unbranched alkanes of at least 4 members (excludes halogenated alkanes) is 35. The molecule has 7 atom stereocenters. The summed E-state index contributed by atoms with van der Waals surface area (Å²) in [6.07, 6.45) is 41.0. The molecule has 1 rings (SSSR count). The van der Waals surface area contributed by atoms with E-state index in [0.29, 0.717) is 6.42 Å². The summed E-state index contributed by atoms with van der Waals surface area (Å²) in [5, 5.41) is 44.9. The van der Waals surface area contributed by atoms with Crippen molar-refractivity contribution in [1.29, 1.82) is 0 Å². The number of allylic oxidation sites excluding steroid dienone is 1. The largest absolute Gasteiger partial charge is 0.397 e. The van der Waals surface area contributed by atoms with E-state index in [-0.39, 0.29) is 18.9 Å². The highest BCUT2D eigenvalue weighted by atomic mass is 32.3. The number of carbonyl (C=O) groups is 1. The summed E-state index contributed by atoms with van der Waals surface area (Å²) < 4.78 is 47.8. The number of hydrogen-bond acceptors (Lipinski definition) is 10. The van der Waals surface area contributed by atoms with Crippen LogP contribution in [0.15, 0.2) is 12.2 Å². The van der Waals surface area contributed by atoms with Crippen LogP contribution in [0.3, 0.4) is 0 Å². The summed E-state index contributed by atoms with van der Waals surface area (Å²) in [6, 6.07) is -0.939. The minimum atomic E-state index is -5.08. The minimum absolute atomic E-state index is 0.257. The van der Waals surface area contributed by atoms with Gasteiger partial charge in [-0.15, -0.1) is 0 Å². The van der Waals surface area contributed by atoms with Gasteiger partial charge in [0.15, 0.2) is 6.29 Å². The zero-order valence-corrected chi connectivity index (χ0v) is 42.4. The Morgan fingerprint density at radius 1 is 0.600 bits per heavy atom. The molecule has 0 aliphatic carbocycles. The van der Waals surface area contributed by atoms with E-state index in [4.69, 9.17) is 9.47 Å². The molecule has 0 aromatic carbocycles. The van der Waals surface area contributed by atoms with Crippen molar-refractivity contribution in [2.75, 3.05) is 13.2 Å². The molecule has 0 saturated carbocycles. The van der Waals surface area contributed by atoms with Crippen molar-refractivity contribution in [3.05, 3.63) is 12.2 Å². The molecular weight excluding hydrogens is 847 g/mol. The zero-order chi connectivity index (χ0) is 47.6. The van der Waals surface area contributed by atoms with Gasteiger partial charge >= 0.3 is 10.4 Å². The van der Waals surface area contributed by atoms with E-state index in [2.05, 4.69) is 23.3 Å². The molecule has 1 fully saturated rings. The number of aliphatic hydroxyl groups excluding tert-OH is 4. The topological polar surface area (TPSA) is 192 Å². The molecule has 1 heterocycles. The molecule has 1 amide bonds. The molecule has 12 nitrogen and oxygen atoms in total. The Labute approximate surface area is 398 Å². The summed E-state index contributed by atoms with van der Waals surface area (Å²) in [5.74, 6) is -0.257. The molecule has 1 saturated heterocycles. The first-order valence-electron chi connectivity index (χ1n) is 27.1. The molecule has 13 heteroatoms. The second kappa shape index (κ2) is 42.9. The van der Waals surface area contributed by atoms with Crippen LogP contribution in [0.2, 0.25) is 0 Å². The summed E-state index contributed by atoms with van der Waals surface area (Å²) in [6.45, 7) is 3.43. The molecular formula is C52H101NO11S. The third-order valence-electron chi connectivity index (χ3n) is 13.1. The van der Waals surface area contributed by atoms with Crippen LogP contribution in [0.4, 0.5) is 0 Å². The lowest BCUT2D eigenvalue weighted by Gasteiger charge is -2.41. The average Bonchev–Trinajstić information content (AvgIpc) is 3.28. The third kappa shape index (κ3) is 35.6. The van der Waals surface area contributed by atoms with E-state index in [1.54, 1.807) is 6.08 Å². The Kier molecular flexibility index (Phi) is 40.8. The van der Waals surface area contributed by atoms with Crippen LogP contribution in [-0.2, 0) is 28.9 Å². The molecule has 0 bridgehead atoms. The van der Waals surface area contributed by atoms with Gasteiger partial charge in [0.2, 0.25) is 5.91 Å². The van der Waals surface area contributed by atoms with Gasteiger partial charge in [0.25, 0.3) is 0 Å². The van der Waals surface area contributed by atoms with Crippen molar-refractivity contribution in [2.45, 2.75) is 301 Å². The van der Waals surface area contributed by atoms with Gasteiger partial charge in [-0.05, 0) is 19.3 Å². The molecule has 7 unspecified atom stereocenters. The van der Waals surface area contributed by atoms with E-state index in [1.165, 1.54) is 193 Å². The lowest BCUT2D eigenvalue weighted by Crippen LogP contribution is -2.61. The van der Waals surface area contributed by atoms with E-state index < -0.39 is 59.9 Å². The second-order valence-corrected chi connectivity index (χ2v) is 20.2. The number of aliphatic hydroxyl groups is 4. The molecule has 0 radical (unpaired) electrons. The highest BCUT2D eigenvalue weighted by Gasteiger charge is 2.48. The highest BCUT2D eigenvalue weighted by molar-refractivity contribution is 7.80. The Hall–Kier alpha value is -1.16. The molecule has 386 valence electrons. The van der Waals surface area contributed by atoms with Crippen molar-refractivity contribution in [3.63, 3.8) is 0 Å². The SMILES string of the molecule is CCCCCCCCCCCCCCCCCC/C=C/C(O)C(COC1OC(CO)C(O)C(OS(=O)(=O)O)C1O)NC(=O)CCCCCCCCCCCCCCCCCCCCCC. The van der Waals surface area contributed by atoms with E-state index in [9.17, 15) is 38.2 Å². The monoisotopic (exact) mass is 948 g/mol. The van der Waals surface area contributed by atoms with Crippen LogP contribution in [0, 0.1) is 0 Å². The van der Waals surface area contributed by atoms with Crippen LogP contribution in [0.1, 0.15) is 258 Å². The standard InChI is InChI=1S/C52H101NO11S/c1-3-5-7-9-11-13-15-17-19-21-23-24-26-28-30-32-34-36-38-40-42-48(56)53-45(44-62-52-50(58)51(64-65(59,60)61)49(57)47(43-54)63-52)46(55)41-39-37-35-33-31-29-27-25-22-20-18-16-14-12-10-8-6-4-2/h39,41,45-47,49-52,54-55,57-58H,3-38,40,42-44H2,1-2H3,(H,53,56)(H,59,60,61)/b41-39+. The molecule has 1 aliphatic heterocycles. The maximum absolute atomic E-state index is 13.1. The van der Waals surface area contributed by atoms with Gasteiger partial charge < -0.3 is 35.2 Å². The minimum Gasteiger partial charge on any atom is -0.394 e. The highest BCUT2D eigenvalue weighted by Crippen LogP contribution is 2.26. The predicted octanol–water partition coefficient (Wildman–Crippen LogP) is 11.9. The number of ether oxygens (including phenoxy) is 2. The smallest absolute Gasteiger partial charge is 0.394 e. The Morgan fingerprint density at radius 3 is 1.34 bits per heavy atom. The Bertz CT molecular complexity index is 1210. The Balaban J connectivity index is 2.42. The molecule has 65 heavy (non-hydrogen) atoms. The molecule has 0 spiro atoms. The fraction of sp³-hybridized carbons (Fsp3) is 0.942. The summed E-state index contributed by atoms with van der Waals surface area (Å²) in [5.41, 5.74) is 0. The zero-order valence-electron chi connectivity index (χ0n) is 41.6. The van der Waals surface area contributed by atoms with Crippen LogP contribution >= 0.6 is 0 Å². The predicted molar refractivity (Wildman–Crippen MR) is 264 cm³/mol. The maximum Gasteiger partial charge on any atom is 0.397 e. The summed E-state index contributed by atoms with van der Waals surface area (Å²) >= 11 is 0. The van der Waals surface area contributed by atoms with Gasteiger partial charge in [-0.1, -0.05) is 244 Å². The van der Waals surface area contributed by atoms with Gasteiger partial charge in [-0.3, -0.25) is 9.35 Å².